The van der Waals surface area contributed by atoms with E-state index in [4.69, 9.17) is 5.11 Å². The van der Waals surface area contributed by atoms with Crippen molar-refractivity contribution in [2.75, 3.05) is 6.61 Å². The predicted octanol–water partition coefficient (Wildman–Crippen LogP) is 1.95. The molecule has 2 heterocycles. The van der Waals surface area contributed by atoms with Gasteiger partial charge in [-0.3, -0.25) is 4.40 Å². The van der Waals surface area contributed by atoms with Crippen LogP contribution in [-0.2, 0) is 6.54 Å². The van der Waals surface area contributed by atoms with Crippen molar-refractivity contribution in [2.45, 2.75) is 39.3 Å². The lowest BCUT2D eigenvalue weighted by molar-refractivity contribution is 0.276. The van der Waals surface area contributed by atoms with Gasteiger partial charge in [0.15, 0.2) is 4.96 Å². The minimum Gasteiger partial charge on any atom is -0.396 e. The Bertz CT molecular complexity index is 477. The zero-order valence-corrected chi connectivity index (χ0v) is 11.1. The monoisotopic (exact) mass is 253 g/mol. The number of aryl methyl sites for hydroxylation is 1. The van der Waals surface area contributed by atoms with Crippen molar-refractivity contribution in [3.8, 4) is 0 Å². The van der Waals surface area contributed by atoms with E-state index >= 15 is 0 Å². The summed E-state index contributed by atoms with van der Waals surface area (Å²) in [4.78, 5) is 5.57. The highest BCUT2D eigenvalue weighted by atomic mass is 32.1. The number of thiazole rings is 1. The molecule has 2 N–H and O–H groups in total. The fourth-order valence-electron chi connectivity index (χ4n) is 1.92. The van der Waals surface area contributed by atoms with E-state index in [-0.39, 0.29) is 6.61 Å². The first-order valence-corrected chi connectivity index (χ1v) is 6.85. The van der Waals surface area contributed by atoms with Crippen LogP contribution in [0.5, 0.6) is 0 Å². The number of nitrogens with zero attached hydrogens (tertiary/aromatic N) is 2. The lowest BCUT2D eigenvalue weighted by Gasteiger charge is -2.12. The van der Waals surface area contributed by atoms with E-state index in [1.807, 2.05) is 0 Å². The minimum atomic E-state index is 0.270. The first-order valence-electron chi connectivity index (χ1n) is 5.97. The molecule has 0 aliphatic carbocycles. The fraction of sp³-hybridized carbons (Fsp3) is 0.583. The molecule has 4 nitrogen and oxygen atoms in total. The maximum absolute atomic E-state index is 8.78. The van der Waals surface area contributed by atoms with Gasteiger partial charge in [-0.2, -0.15) is 0 Å². The molecule has 1 unspecified atom stereocenters. The third-order valence-electron chi connectivity index (χ3n) is 2.97. The summed E-state index contributed by atoms with van der Waals surface area (Å²) in [7, 11) is 0. The molecule has 2 rings (SSSR count). The van der Waals surface area contributed by atoms with Crippen LogP contribution in [0.15, 0.2) is 11.6 Å². The van der Waals surface area contributed by atoms with E-state index in [1.165, 1.54) is 5.69 Å². The average molecular weight is 253 g/mol. The number of nitrogens with one attached hydrogen (secondary N) is 1. The normalized spacial score (nSPS) is 13.4. The Morgan fingerprint density at radius 2 is 2.41 bits per heavy atom. The quantitative estimate of drug-likeness (QED) is 0.827. The van der Waals surface area contributed by atoms with E-state index in [0.717, 1.165) is 30.0 Å². The highest BCUT2D eigenvalue weighted by Gasteiger charge is 2.10. The Morgan fingerprint density at radius 1 is 1.59 bits per heavy atom. The Hall–Kier alpha value is -0.910. The van der Waals surface area contributed by atoms with Gasteiger partial charge in [-0.05, 0) is 26.7 Å². The lowest BCUT2D eigenvalue weighted by atomic mass is 10.2. The van der Waals surface area contributed by atoms with E-state index in [0.29, 0.717) is 6.04 Å². The molecule has 5 heteroatoms. The molecule has 0 aliphatic rings. The van der Waals surface area contributed by atoms with Gasteiger partial charge in [0, 0.05) is 30.8 Å². The standard InChI is InChI=1S/C12H19N3OS/c1-9(4-3-6-16)13-8-11-10(2)14-12-15(11)5-7-17-12/h5,7,9,13,16H,3-4,6,8H2,1-2H3. The highest BCUT2D eigenvalue weighted by Crippen LogP contribution is 2.16. The van der Waals surface area contributed by atoms with Crippen LogP contribution < -0.4 is 5.32 Å². The molecule has 1 atom stereocenters. The molecule has 2 aromatic heterocycles. The number of fused-ring (bicyclic) bond motifs is 1. The van der Waals surface area contributed by atoms with Gasteiger partial charge in [0.2, 0.25) is 0 Å². The van der Waals surface area contributed by atoms with Gasteiger partial charge >= 0.3 is 0 Å². The Labute approximate surface area is 105 Å². The maximum atomic E-state index is 8.78. The zero-order valence-electron chi connectivity index (χ0n) is 10.3. The van der Waals surface area contributed by atoms with Crippen molar-refractivity contribution >= 4 is 16.3 Å². The third kappa shape index (κ3) is 2.86. The zero-order chi connectivity index (χ0) is 12.3. The van der Waals surface area contributed by atoms with Crippen LogP contribution in [0.25, 0.3) is 4.96 Å². The van der Waals surface area contributed by atoms with Crippen LogP contribution in [0.2, 0.25) is 0 Å². The molecule has 0 spiro atoms. The summed E-state index contributed by atoms with van der Waals surface area (Å²) in [6.45, 7) is 5.30. The van der Waals surface area contributed by atoms with Crippen molar-refractivity contribution in [3.63, 3.8) is 0 Å². The van der Waals surface area contributed by atoms with Crippen LogP contribution in [0.4, 0.5) is 0 Å². The van der Waals surface area contributed by atoms with Crippen molar-refractivity contribution in [2.24, 2.45) is 0 Å². The fourth-order valence-corrected chi connectivity index (χ4v) is 2.70. The van der Waals surface area contributed by atoms with Gasteiger partial charge in [-0.1, -0.05) is 0 Å². The van der Waals surface area contributed by atoms with Gasteiger partial charge in [0.05, 0.1) is 11.4 Å². The summed E-state index contributed by atoms with van der Waals surface area (Å²) in [6.07, 6.45) is 3.92. The molecule has 2 aromatic rings. The molecular weight excluding hydrogens is 234 g/mol. The molecule has 94 valence electrons. The maximum Gasteiger partial charge on any atom is 0.194 e. The number of hydrogen-bond donors (Lipinski definition) is 2. The number of rotatable bonds is 6. The van der Waals surface area contributed by atoms with Crippen molar-refractivity contribution in [1.29, 1.82) is 0 Å². The smallest absolute Gasteiger partial charge is 0.194 e. The summed E-state index contributed by atoms with van der Waals surface area (Å²) in [5.74, 6) is 0. The molecule has 0 aromatic carbocycles. The summed E-state index contributed by atoms with van der Waals surface area (Å²) in [5, 5.41) is 14.3. The van der Waals surface area contributed by atoms with Crippen LogP contribution in [0.1, 0.15) is 31.2 Å². The van der Waals surface area contributed by atoms with E-state index in [9.17, 15) is 0 Å². The van der Waals surface area contributed by atoms with Crippen LogP contribution in [-0.4, -0.2) is 27.1 Å². The summed E-state index contributed by atoms with van der Waals surface area (Å²) in [5.41, 5.74) is 2.33. The molecule has 0 bridgehead atoms. The van der Waals surface area contributed by atoms with Gasteiger partial charge in [0.25, 0.3) is 0 Å². The summed E-state index contributed by atoms with van der Waals surface area (Å²) in [6, 6.07) is 0.422. The van der Waals surface area contributed by atoms with Gasteiger partial charge in [-0.25, -0.2) is 4.98 Å². The molecule has 0 saturated heterocycles. The highest BCUT2D eigenvalue weighted by molar-refractivity contribution is 7.15. The second-order valence-corrected chi connectivity index (χ2v) is 5.22. The minimum absolute atomic E-state index is 0.270. The van der Waals surface area contributed by atoms with Gasteiger partial charge in [-0.15, -0.1) is 11.3 Å². The largest absolute Gasteiger partial charge is 0.396 e. The third-order valence-corrected chi connectivity index (χ3v) is 3.73. The van der Waals surface area contributed by atoms with E-state index in [1.54, 1.807) is 11.3 Å². The Morgan fingerprint density at radius 3 is 3.18 bits per heavy atom. The molecule has 0 radical (unpaired) electrons. The molecule has 0 aliphatic heterocycles. The van der Waals surface area contributed by atoms with E-state index < -0.39 is 0 Å². The number of aromatic nitrogens is 2. The second kappa shape index (κ2) is 5.62. The van der Waals surface area contributed by atoms with Crippen molar-refractivity contribution in [1.82, 2.24) is 14.7 Å². The number of aliphatic hydroxyl groups excluding tert-OH is 1. The van der Waals surface area contributed by atoms with Gasteiger partial charge in [0.1, 0.15) is 0 Å². The van der Waals surface area contributed by atoms with Crippen molar-refractivity contribution in [3.05, 3.63) is 23.0 Å². The Kier molecular flexibility index (Phi) is 4.15. The van der Waals surface area contributed by atoms with Crippen molar-refractivity contribution < 1.29 is 5.11 Å². The van der Waals surface area contributed by atoms with Gasteiger partial charge < -0.3 is 10.4 Å². The summed E-state index contributed by atoms with van der Waals surface area (Å²) < 4.78 is 2.14. The molecule has 0 fully saturated rings. The Balaban J connectivity index is 1.98. The SMILES string of the molecule is Cc1nc2sccn2c1CNC(C)CCCO. The number of imidazole rings is 1. The molecule has 0 amide bonds. The van der Waals surface area contributed by atoms with Crippen LogP contribution in [0.3, 0.4) is 0 Å². The average Bonchev–Trinajstić information content (AvgIpc) is 2.84. The number of aliphatic hydroxyl groups is 1. The first-order chi connectivity index (χ1) is 8.22. The first kappa shape index (κ1) is 12.5. The summed E-state index contributed by atoms with van der Waals surface area (Å²) >= 11 is 1.66. The topological polar surface area (TPSA) is 49.6 Å². The van der Waals surface area contributed by atoms with Crippen LogP contribution in [0, 0.1) is 6.92 Å². The number of hydrogen-bond acceptors (Lipinski definition) is 4. The molecule has 0 saturated carbocycles. The predicted molar refractivity (Wildman–Crippen MR) is 70.4 cm³/mol. The second-order valence-electron chi connectivity index (χ2n) is 4.35. The molecular formula is C12H19N3OS. The molecule has 17 heavy (non-hydrogen) atoms. The van der Waals surface area contributed by atoms with Crippen LogP contribution >= 0.6 is 11.3 Å². The lowest BCUT2D eigenvalue weighted by Crippen LogP contribution is -2.26. The van der Waals surface area contributed by atoms with E-state index in [2.05, 4.69) is 40.1 Å².